The van der Waals surface area contributed by atoms with Gasteiger partial charge in [-0.2, -0.15) is 0 Å². The maximum absolute atomic E-state index is 12.2. The molecule has 8 aromatic heterocycles. The number of nitrogens with two attached hydrogens (primary N) is 1. The van der Waals surface area contributed by atoms with Gasteiger partial charge in [-0.25, -0.2) is 29.9 Å². The minimum atomic E-state index is -0.299. The van der Waals surface area contributed by atoms with Gasteiger partial charge in [0.25, 0.3) is 11.1 Å². The fourth-order valence-corrected chi connectivity index (χ4v) is 18.6. The number of carbonyl (C=O) groups is 2. The van der Waals surface area contributed by atoms with Crippen molar-refractivity contribution in [2.45, 2.75) is 13.8 Å². The van der Waals surface area contributed by atoms with Gasteiger partial charge in [-0.3, -0.25) is 19.2 Å². The second-order valence-corrected chi connectivity index (χ2v) is 31.9. The molecule has 2 unspecified atom stereocenters. The largest absolute Gasteiger partial charge is 0.398 e. The van der Waals surface area contributed by atoms with Crippen molar-refractivity contribution in [3.63, 3.8) is 0 Å². The van der Waals surface area contributed by atoms with Crippen LogP contribution < -0.4 is 16.9 Å². The van der Waals surface area contributed by atoms with Crippen LogP contribution in [0.15, 0.2) is 380 Å². The van der Waals surface area contributed by atoms with Crippen LogP contribution in [-0.4, -0.2) is 56.4 Å². The molecule has 0 saturated heterocycles. The summed E-state index contributed by atoms with van der Waals surface area (Å²) in [6.45, 7) is 3.97. The number of hydrogen-bond donors (Lipinski definition) is 4. The number of pyridine rings is 2. The van der Waals surface area contributed by atoms with Gasteiger partial charge >= 0.3 is 0 Å². The van der Waals surface area contributed by atoms with Gasteiger partial charge < -0.3 is 20.7 Å². The number of Topliss-reactive ketones (excluding diaryl/α,β-unsaturated/α-hetero) is 2. The topological polar surface area (TPSA) is 219 Å². The lowest BCUT2D eigenvalue weighted by Gasteiger charge is -2.28. The smallest absolute Gasteiger partial charge is 0.268 e. The number of nitrogens with zero attached hydrogens (tertiary/aromatic N) is 6. The highest BCUT2D eigenvalue weighted by Crippen LogP contribution is 2.38. The predicted molar refractivity (Wildman–Crippen MR) is 509 cm³/mol. The summed E-state index contributed by atoms with van der Waals surface area (Å²) in [5.74, 6) is -0.485. The average molecular weight is 1620 g/mol. The summed E-state index contributed by atoms with van der Waals surface area (Å²) in [6.07, 6.45) is 11.9. The first kappa shape index (κ1) is 76.4. The molecule has 16 heteroatoms. The highest BCUT2D eigenvalue weighted by Gasteiger charge is 2.39. The number of allylic oxidation sites excluding steroid dienone is 4. The minimum Gasteiger partial charge on any atom is -0.398 e. The van der Waals surface area contributed by atoms with Crippen molar-refractivity contribution in [1.82, 2.24) is 44.9 Å². The molecule has 2 aliphatic rings. The van der Waals surface area contributed by atoms with Gasteiger partial charge in [-0.05, 0) is 166 Å². The number of benzene rings is 16. The van der Waals surface area contributed by atoms with Gasteiger partial charge in [0.2, 0.25) is 0 Å². The number of ketones is 2. The normalized spacial score (nSPS) is 13.2. The van der Waals surface area contributed by atoms with Crippen molar-refractivity contribution >= 4 is 211 Å². The van der Waals surface area contributed by atoms with Crippen LogP contribution in [-0.2, 0) is 0 Å². The molecule has 24 aromatic rings. The third-order valence-corrected chi connectivity index (χ3v) is 24.5. The van der Waals surface area contributed by atoms with Crippen LogP contribution in [0.4, 0.5) is 5.69 Å². The molecule has 0 bridgehead atoms. The van der Waals surface area contributed by atoms with Crippen molar-refractivity contribution in [2.75, 3.05) is 5.73 Å². The lowest BCUT2D eigenvalue weighted by atomic mass is 9.72. The Labute approximate surface area is 705 Å². The second kappa shape index (κ2) is 33.4. The molecule has 0 saturated carbocycles. The molecule has 14 nitrogen and oxygen atoms in total. The highest BCUT2D eigenvalue weighted by molar-refractivity contribution is 7.25. The van der Waals surface area contributed by atoms with E-state index in [4.69, 9.17) is 5.73 Å². The van der Waals surface area contributed by atoms with E-state index >= 15 is 0 Å². The average Bonchev–Trinajstić information content (AvgIpc) is 1.16. The van der Waals surface area contributed by atoms with Crippen LogP contribution in [0, 0.1) is 25.7 Å². The molecule has 5 N–H and O–H groups in total. The Morgan fingerprint density at radius 2 is 0.746 bits per heavy atom. The van der Waals surface area contributed by atoms with Gasteiger partial charge in [-0.15, -0.1) is 22.7 Å². The Hall–Kier alpha value is -15.6. The summed E-state index contributed by atoms with van der Waals surface area (Å²) in [4.78, 5) is 83.8. The summed E-state index contributed by atoms with van der Waals surface area (Å²) >= 11 is 2.77. The number of rotatable bonds is 0. The summed E-state index contributed by atoms with van der Waals surface area (Å²) in [7, 11) is 0. The van der Waals surface area contributed by atoms with E-state index in [0.29, 0.717) is 20.5 Å². The first-order valence-electron chi connectivity index (χ1n) is 40.0. The number of carbonyl (C=O) groups excluding carboxylic acids is 2. The maximum Gasteiger partial charge on any atom is 0.268 e. The molecular weight excluding hydrogens is 1540 g/mol. The number of aromatic amines is 3. The molecule has 2 atom stereocenters. The Morgan fingerprint density at radius 1 is 0.328 bits per heavy atom. The molecule has 584 valence electrons. The highest BCUT2D eigenvalue weighted by atomic mass is 32.1. The van der Waals surface area contributed by atoms with Gasteiger partial charge in [0, 0.05) is 55.8 Å². The van der Waals surface area contributed by atoms with E-state index in [0.717, 1.165) is 86.9 Å². The van der Waals surface area contributed by atoms with Crippen LogP contribution >= 0.6 is 22.7 Å². The van der Waals surface area contributed by atoms with Crippen molar-refractivity contribution in [3.05, 3.63) is 414 Å². The SMILES string of the molecule is Cc1cc(C)c2c(n1)sc1c(=O)[nH]cnc12.Nc1cccc2c1ccc1ccccc12.O=C1c2ccccc2C(=O)C2C=CC=CC12.O=c1[nH]cnc2c1sc1ncccc12.c1cc2ccc3cccc4ccc(c1)c2c34.c1ccc2c(c1)ccc1ccccc12.c1ccc2cc3ccccc3cc2c1.c1ccc2nc3c(nc2c1)[nH]c1ccccc13. The van der Waals surface area contributed by atoms with E-state index in [-0.39, 0.29) is 34.5 Å². The molecule has 0 spiro atoms. The number of para-hydroxylation sites is 3. The molecular formula is C106H74N10O4S2. The number of fused-ring (bicyclic) bond motifs is 20. The zero-order chi connectivity index (χ0) is 82.7. The van der Waals surface area contributed by atoms with E-state index < -0.39 is 0 Å². The molecule has 0 aliphatic heterocycles. The van der Waals surface area contributed by atoms with E-state index in [1.165, 1.54) is 127 Å². The number of thiophene rings is 2. The van der Waals surface area contributed by atoms with E-state index in [1.807, 2.05) is 111 Å². The zero-order valence-corrected chi connectivity index (χ0v) is 67.7. The Kier molecular flexibility index (Phi) is 20.9. The Morgan fingerprint density at radius 3 is 1.30 bits per heavy atom. The van der Waals surface area contributed by atoms with Crippen molar-refractivity contribution in [3.8, 4) is 0 Å². The summed E-state index contributed by atoms with van der Waals surface area (Å²) < 4.78 is 1.29. The molecule has 0 fully saturated rings. The van der Waals surface area contributed by atoms with Crippen LogP contribution in [0.25, 0.3) is 171 Å². The van der Waals surface area contributed by atoms with Crippen LogP contribution in [0.1, 0.15) is 32.0 Å². The van der Waals surface area contributed by atoms with Crippen LogP contribution in [0.5, 0.6) is 0 Å². The Bertz CT molecular complexity index is 8010. The van der Waals surface area contributed by atoms with Crippen LogP contribution in [0.3, 0.4) is 0 Å². The zero-order valence-electron chi connectivity index (χ0n) is 66.1. The first-order chi connectivity index (χ1) is 59.9. The summed E-state index contributed by atoms with van der Waals surface area (Å²) in [5.41, 5.74) is 16.0. The van der Waals surface area contributed by atoms with E-state index in [2.05, 4.69) is 275 Å². The minimum absolute atomic E-state index is 0.0563. The van der Waals surface area contributed by atoms with Crippen molar-refractivity contribution in [2.24, 2.45) is 11.8 Å². The molecule has 16 aromatic carbocycles. The number of hydrogen-bond acceptors (Lipinski definition) is 13. The third kappa shape index (κ3) is 15.0. The molecule has 8 heterocycles. The number of aromatic nitrogens is 9. The lowest BCUT2D eigenvalue weighted by molar-refractivity contribution is 0.0801. The van der Waals surface area contributed by atoms with Gasteiger partial charge in [0.1, 0.15) is 24.6 Å². The third-order valence-electron chi connectivity index (χ3n) is 22.3. The predicted octanol–water partition coefficient (Wildman–Crippen LogP) is 25.5. The quantitative estimate of drug-likeness (QED) is 0.0636. The second-order valence-electron chi connectivity index (χ2n) is 29.9. The molecule has 0 radical (unpaired) electrons. The number of nitrogens with one attached hydrogen (secondary N) is 3. The fraction of sp³-hybridized carbons (Fsp3) is 0.0377. The lowest BCUT2D eigenvalue weighted by Crippen LogP contribution is -2.35. The number of anilines is 1. The maximum atomic E-state index is 12.2. The van der Waals surface area contributed by atoms with E-state index in [1.54, 1.807) is 30.5 Å². The summed E-state index contributed by atoms with van der Waals surface area (Å²) in [5, 5.41) is 26.6. The molecule has 26 rings (SSSR count). The molecule has 2 aliphatic carbocycles. The number of H-pyrrole nitrogens is 3. The van der Waals surface area contributed by atoms with Crippen molar-refractivity contribution in [1.29, 1.82) is 0 Å². The van der Waals surface area contributed by atoms with Crippen LogP contribution in [0.2, 0.25) is 0 Å². The van der Waals surface area contributed by atoms with Gasteiger partial charge in [0.15, 0.2) is 17.2 Å². The first-order valence-corrected chi connectivity index (χ1v) is 41.7. The fourth-order valence-electron chi connectivity index (χ4n) is 16.5. The van der Waals surface area contributed by atoms with Crippen molar-refractivity contribution < 1.29 is 9.59 Å². The molecule has 0 amide bonds. The Balaban J connectivity index is 0.0000000919. The number of aryl methyl sites for hydroxylation is 2. The molecule has 122 heavy (non-hydrogen) atoms. The van der Waals surface area contributed by atoms with Gasteiger partial charge in [-0.1, -0.05) is 297 Å². The standard InChI is InChI=1S/C16H10.C14H9N3.C14H11N.C14H10O2.2C14H10.C11H9N3OS.C9H5N3OS/c1-3-11-7-9-13-5-2-6-14-10-8-12(4-1)15(11)16(13)14;1-2-6-10-9(5-1)13-14(16-10)17-12-8-4-3-7-11(12)15-13;15-14-7-3-6-12-11-5-2-1-4-10(11)8-9-13(12)14;15-13-9-5-1-2-6-10(9)14(16)12-8-4-3-7-11(12)13;1-3-7-13-11(5-1)9-10-12-6-2-4-8-14(12)13;1-2-6-12-10-14-8-4-3-7-13(14)9-11(12)5-1;1-5-3-6(2)14-11-7(5)8-9(16-11)10(15)13-4-12-8;13-8-7-6(11-4-12-8)5-2-1-3-10-9(5)14-7/h1-10H;1-8H,(H,16,17);1-9H,15H2;1-10H;2*1-10H;3-4H,1-2H3,(H,12,13,15);1-4H,(H,11,12,13). The number of nitrogen functional groups attached to an aromatic ring is 1. The van der Waals surface area contributed by atoms with E-state index in [9.17, 15) is 19.2 Å². The van der Waals surface area contributed by atoms with Gasteiger partial charge in [0.05, 0.1) is 46.6 Å². The monoisotopic (exact) mass is 1610 g/mol. The summed E-state index contributed by atoms with van der Waals surface area (Å²) in [6, 6.07) is 112.